The summed E-state index contributed by atoms with van der Waals surface area (Å²) in [5.74, 6) is -0.115. The van der Waals surface area contributed by atoms with E-state index in [1.807, 2.05) is 6.07 Å². The van der Waals surface area contributed by atoms with E-state index in [1.54, 1.807) is 6.07 Å². The molecule has 2 rings (SSSR count). The average molecular weight is 293 g/mol. The Labute approximate surface area is 120 Å². The van der Waals surface area contributed by atoms with Gasteiger partial charge in [0, 0.05) is 12.1 Å². The summed E-state index contributed by atoms with van der Waals surface area (Å²) in [7, 11) is 1.44. The smallest absolute Gasteiger partial charge is 0.318 e. The molecule has 0 spiro atoms. The van der Waals surface area contributed by atoms with Crippen LogP contribution in [0.5, 0.6) is 6.01 Å². The topological polar surface area (TPSA) is 70.8 Å². The zero-order valence-electron chi connectivity index (χ0n) is 10.5. The van der Waals surface area contributed by atoms with E-state index >= 15 is 0 Å². The van der Waals surface area contributed by atoms with Crippen LogP contribution < -0.4 is 10.1 Å². The van der Waals surface area contributed by atoms with Crippen LogP contribution in [0.25, 0.3) is 0 Å². The Kier molecular flexibility index (Phi) is 4.33. The Hall–Kier alpha value is -2.39. The van der Waals surface area contributed by atoms with Crippen LogP contribution in [0.2, 0.25) is 5.02 Å². The van der Waals surface area contributed by atoms with Crippen molar-refractivity contribution in [1.29, 1.82) is 5.26 Å². The average Bonchev–Trinajstić information content (AvgIpc) is 2.47. The number of aromatic nitrogens is 2. The Morgan fingerprint density at radius 1 is 1.50 bits per heavy atom. The standard InChI is InChI=1S/C13H10ClFN4O/c1-20-13-18-7-10(14)12(19-13)17-6-9-3-2-8(5-16)4-11(9)15/h2-4,7H,6H2,1H3,(H,17,18,19). The maximum atomic E-state index is 13.7. The predicted molar refractivity (Wildman–Crippen MR) is 72.0 cm³/mol. The van der Waals surface area contributed by atoms with Crippen molar-refractivity contribution in [2.75, 3.05) is 12.4 Å². The first-order valence-corrected chi connectivity index (χ1v) is 6.00. The second-order valence-electron chi connectivity index (χ2n) is 3.82. The minimum atomic E-state index is -0.464. The molecule has 1 aromatic heterocycles. The van der Waals surface area contributed by atoms with Crippen molar-refractivity contribution in [3.05, 3.63) is 46.4 Å². The van der Waals surface area contributed by atoms with Gasteiger partial charge in [-0.1, -0.05) is 17.7 Å². The quantitative estimate of drug-likeness (QED) is 0.938. The first-order valence-electron chi connectivity index (χ1n) is 5.63. The minimum Gasteiger partial charge on any atom is -0.467 e. The van der Waals surface area contributed by atoms with Gasteiger partial charge in [0.2, 0.25) is 0 Å². The lowest BCUT2D eigenvalue weighted by molar-refractivity contribution is 0.380. The molecule has 0 bridgehead atoms. The van der Waals surface area contributed by atoms with E-state index in [0.717, 1.165) is 0 Å². The highest BCUT2D eigenvalue weighted by Crippen LogP contribution is 2.21. The fourth-order valence-electron chi connectivity index (χ4n) is 1.51. The molecule has 0 aliphatic carbocycles. The minimum absolute atomic E-state index is 0.164. The van der Waals surface area contributed by atoms with Gasteiger partial charge >= 0.3 is 6.01 Å². The highest BCUT2D eigenvalue weighted by molar-refractivity contribution is 6.32. The lowest BCUT2D eigenvalue weighted by atomic mass is 10.1. The van der Waals surface area contributed by atoms with Gasteiger partial charge < -0.3 is 10.1 Å². The normalized spacial score (nSPS) is 9.90. The van der Waals surface area contributed by atoms with Crippen molar-refractivity contribution < 1.29 is 9.13 Å². The molecule has 1 aromatic carbocycles. The van der Waals surface area contributed by atoms with E-state index in [9.17, 15) is 4.39 Å². The molecule has 0 atom stereocenters. The molecule has 1 heterocycles. The molecular weight excluding hydrogens is 283 g/mol. The molecule has 7 heteroatoms. The van der Waals surface area contributed by atoms with E-state index in [0.29, 0.717) is 16.4 Å². The van der Waals surface area contributed by atoms with Gasteiger partial charge in [-0.15, -0.1) is 0 Å². The van der Waals surface area contributed by atoms with Gasteiger partial charge in [-0.2, -0.15) is 10.2 Å². The van der Waals surface area contributed by atoms with Gasteiger partial charge in [-0.25, -0.2) is 9.37 Å². The van der Waals surface area contributed by atoms with E-state index in [1.165, 1.54) is 25.4 Å². The number of nitrogens with one attached hydrogen (secondary N) is 1. The van der Waals surface area contributed by atoms with Crippen LogP contribution in [0, 0.1) is 17.1 Å². The lowest BCUT2D eigenvalue weighted by Gasteiger charge is -2.09. The summed E-state index contributed by atoms with van der Waals surface area (Å²) in [6, 6.07) is 6.30. The van der Waals surface area contributed by atoms with Crippen LogP contribution in [0.3, 0.4) is 0 Å². The molecule has 0 saturated carbocycles. The first kappa shape index (κ1) is 14.0. The first-order chi connectivity index (χ1) is 9.63. The number of nitriles is 1. The molecule has 5 nitrogen and oxygen atoms in total. The third kappa shape index (κ3) is 3.13. The predicted octanol–water partition coefficient (Wildman–Crippen LogP) is 2.76. The monoisotopic (exact) mass is 292 g/mol. The van der Waals surface area contributed by atoms with E-state index in [2.05, 4.69) is 15.3 Å². The third-order valence-corrected chi connectivity index (χ3v) is 2.81. The summed E-state index contributed by atoms with van der Waals surface area (Å²) < 4.78 is 18.6. The fraction of sp³-hybridized carbons (Fsp3) is 0.154. The van der Waals surface area contributed by atoms with E-state index in [-0.39, 0.29) is 18.1 Å². The summed E-state index contributed by atoms with van der Waals surface area (Å²) in [4.78, 5) is 7.86. The third-order valence-electron chi connectivity index (χ3n) is 2.53. The Balaban J connectivity index is 2.15. The molecule has 0 aliphatic heterocycles. The number of benzene rings is 1. The van der Waals surface area contributed by atoms with Gasteiger partial charge in [-0.05, 0) is 12.1 Å². The van der Waals surface area contributed by atoms with Crippen molar-refractivity contribution in [2.24, 2.45) is 0 Å². The summed E-state index contributed by atoms with van der Waals surface area (Å²) in [6.07, 6.45) is 1.39. The SMILES string of the molecule is COc1ncc(Cl)c(NCc2ccc(C#N)cc2F)n1. The van der Waals surface area contributed by atoms with Crippen molar-refractivity contribution in [1.82, 2.24) is 9.97 Å². The number of halogens is 2. The molecule has 102 valence electrons. The number of nitrogens with zero attached hydrogens (tertiary/aromatic N) is 3. The summed E-state index contributed by atoms with van der Waals surface area (Å²) in [6.45, 7) is 0.178. The molecule has 0 saturated heterocycles. The van der Waals surface area contributed by atoms with E-state index in [4.69, 9.17) is 21.6 Å². The zero-order chi connectivity index (χ0) is 14.5. The Bertz CT molecular complexity index is 672. The molecule has 1 N–H and O–H groups in total. The maximum absolute atomic E-state index is 13.7. The van der Waals surface area contributed by atoms with Crippen LogP contribution in [0.15, 0.2) is 24.4 Å². The van der Waals surface area contributed by atoms with Crippen molar-refractivity contribution in [3.63, 3.8) is 0 Å². The number of anilines is 1. The molecule has 0 aliphatic rings. The molecule has 20 heavy (non-hydrogen) atoms. The number of methoxy groups -OCH3 is 1. The van der Waals surface area contributed by atoms with Crippen LogP contribution in [-0.4, -0.2) is 17.1 Å². The molecule has 0 amide bonds. The number of hydrogen-bond donors (Lipinski definition) is 1. The maximum Gasteiger partial charge on any atom is 0.318 e. The van der Waals surface area contributed by atoms with Crippen LogP contribution in [0.1, 0.15) is 11.1 Å². The van der Waals surface area contributed by atoms with Gasteiger partial charge in [0.05, 0.1) is 24.9 Å². The number of ether oxygens (including phenoxy) is 1. The van der Waals surface area contributed by atoms with Gasteiger partial charge in [0.1, 0.15) is 10.8 Å². The van der Waals surface area contributed by atoms with E-state index < -0.39 is 5.82 Å². The second kappa shape index (κ2) is 6.17. The second-order valence-corrected chi connectivity index (χ2v) is 4.23. The Morgan fingerprint density at radius 2 is 2.30 bits per heavy atom. The number of hydrogen-bond acceptors (Lipinski definition) is 5. The van der Waals surface area contributed by atoms with Crippen LogP contribution >= 0.6 is 11.6 Å². The molecule has 0 unspecified atom stereocenters. The molecular formula is C13H10ClFN4O. The van der Waals surface area contributed by atoms with Crippen LogP contribution in [-0.2, 0) is 6.54 Å². The van der Waals surface area contributed by atoms with Gasteiger partial charge in [0.25, 0.3) is 0 Å². The molecule has 2 aromatic rings. The summed E-state index contributed by atoms with van der Waals surface area (Å²) in [5, 5.41) is 11.9. The number of rotatable bonds is 4. The largest absolute Gasteiger partial charge is 0.467 e. The highest BCUT2D eigenvalue weighted by atomic mass is 35.5. The van der Waals surface area contributed by atoms with Crippen molar-refractivity contribution >= 4 is 17.4 Å². The highest BCUT2D eigenvalue weighted by Gasteiger charge is 2.08. The summed E-state index contributed by atoms with van der Waals surface area (Å²) >= 11 is 5.93. The Morgan fingerprint density at radius 3 is 2.95 bits per heavy atom. The van der Waals surface area contributed by atoms with Gasteiger partial charge in [0.15, 0.2) is 5.82 Å². The van der Waals surface area contributed by atoms with Gasteiger partial charge in [-0.3, -0.25) is 0 Å². The van der Waals surface area contributed by atoms with Crippen molar-refractivity contribution in [2.45, 2.75) is 6.54 Å². The zero-order valence-corrected chi connectivity index (χ0v) is 11.3. The molecule has 0 fully saturated rings. The lowest BCUT2D eigenvalue weighted by Crippen LogP contribution is -2.05. The fourth-order valence-corrected chi connectivity index (χ4v) is 1.67. The van der Waals surface area contributed by atoms with Crippen molar-refractivity contribution in [3.8, 4) is 12.1 Å². The summed E-state index contributed by atoms with van der Waals surface area (Å²) in [5.41, 5.74) is 0.672. The van der Waals surface area contributed by atoms with Crippen LogP contribution in [0.4, 0.5) is 10.2 Å². The molecule has 0 radical (unpaired) electrons.